The molecule has 0 aromatic carbocycles. The summed E-state index contributed by atoms with van der Waals surface area (Å²) in [5, 5.41) is 0. The first kappa shape index (κ1) is 8.95. The lowest BCUT2D eigenvalue weighted by Crippen LogP contribution is -2.04. The topological polar surface area (TPSA) is 26.3 Å². The van der Waals surface area contributed by atoms with Gasteiger partial charge in [-0.05, 0) is 19.4 Å². The zero-order valence-corrected chi connectivity index (χ0v) is 6.60. The lowest BCUT2D eigenvalue weighted by Gasteiger charge is -2.01. The first-order chi connectivity index (χ1) is 4.63. The summed E-state index contributed by atoms with van der Waals surface area (Å²) < 4.78 is 4.50. The van der Waals surface area contributed by atoms with Crippen LogP contribution >= 0.6 is 0 Å². The number of carbonyl (C=O) groups is 1. The fourth-order valence-corrected chi connectivity index (χ4v) is 0.648. The zero-order valence-electron chi connectivity index (χ0n) is 6.60. The average Bonchev–Trinajstić information content (AvgIpc) is 1.88. The van der Waals surface area contributed by atoms with Gasteiger partial charge in [0.25, 0.3) is 0 Å². The Morgan fingerprint density at radius 3 is 2.20 bits per heavy atom. The molecule has 0 aromatic heterocycles. The number of esters is 1. The van der Waals surface area contributed by atoms with Crippen LogP contribution in [0.2, 0.25) is 0 Å². The van der Waals surface area contributed by atoms with Gasteiger partial charge in [0.05, 0.1) is 12.7 Å². The van der Waals surface area contributed by atoms with Crippen molar-refractivity contribution in [3.63, 3.8) is 0 Å². The maximum absolute atomic E-state index is 10.8. The number of ether oxygens (including phenoxy) is 1. The summed E-state index contributed by atoms with van der Waals surface area (Å²) >= 11 is 0. The van der Waals surface area contributed by atoms with Gasteiger partial charge in [0.1, 0.15) is 0 Å². The highest BCUT2D eigenvalue weighted by molar-refractivity contribution is 5.92. The Labute approximate surface area is 61.2 Å². The maximum atomic E-state index is 10.8. The highest BCUT2D eigenvalue weighted by Gasteiger charge is 2.07. The first-order valence-corrected chi connectivity index (χ1v) is 3.04. The van der Waals surface area contributed by atoms with Crippen molar-refractivity contribution in [2.24, 2.45) is 0 Å². The van der Waals surface area contributed by atoms with Gasteiger partial charge in [-0.1, -0.05) is 12.7 Å². The molecule has 0 aliphatic carbocycles. The Morgan fingerprint density at radius 2 is 2.10 bits per heavy atom. The normalized spacial score (nSPS) is 10.9. The highest BCUT2D eigenvalue weighted by atomic mass is 16.5. The van der Waals surface area contributed by atoms with Gasteiger partial charge in [-0.25, -0.2) is 4.79 Å². The Kier molecular flexibility index (Phi) is 3.47. The molecule has 0 aliphatic heterocycles. The van der Waals surface area contributed by atoms with Crippen LogP contribution in [0, 0.1) is 0 Å². The predicted molar refractivity (Wildman–Crippen MR) is 40.6 cm³/mol. The molecule has 2 nitrogen and oxygen atoms in total. The summed E-state index contributed by atoms with van der Waals surface area (Å²) in [4.78, 5) is 10.8. The molecule has 0 spiro atoms. The second-order valence-corrected chi connectivity index (χ2v) is 1.97. The maximum Gasteiger partial charge on any atom is 0.337 e. The number of carbonyl (C=O) groups excluding carboxylic acids is 1. The quantitative estimate of drug-likeness (QED) is 0.331. The van der Waals surface area contributed by atoms with Crippen LogP contribution in [0.15, 0.2) is 23.8 Å². The highest BCUT2D eigenvalue weighted by Crippen LogP contribution is 2.07. The molecule has 0 N–H and O–H groups in total. The monoisotopic (exact) mass is 140 g/mol. The summed E-state index contributed by atoms with van der Waals surface area (Å²) in [5.41, 5.74) is 1.27. The van der Waals surface area contributed by atoms with E-state index in [-0.39, 0.29) is 5.97 Å². The molecule has 56 valence electrons. The van der Waals surface area contributed by atoms with Crippen molar-refractivity contribution in [1.82, 2.24) is 0 Å². The molecule has 0 bridgehead atoms. The van der Waals surface area contributed by atoms with Crippen LogP contribution in [-0.4, -0.2) is 13.1 Å². The van der Waals surface area contributed by atoms with Crippen molar-refractivity contribution in [1.29, 1.82) is 0 Å². The van der Waals surface area contributed by atoms with Gasteiger partial charge in [-0.3, -0.25) is 0 Å². The molecule has 0 amide bonds. The standard InChI is InChI=1S/C8H12O2/c1-5-7(6(2)3)8(9)10-4/h5H,2H2,1,3-4H3. The summed E-state index contributed by atoms with van der Waals surface area (Å²) in [6.45, 7) is 7.18. The van der Waals surface area contributed by atoms with E-state index in [0.717, 1.165) is 5.57 Å². The van der Waals surface area contributed by atoms with E-state index >= 15 is 0 Å². The van der Waals surface area contributed by atoms with Crippen molar-refractivity contribution in [3.05, 3.63) is 23.8 Å². The molecule has 0 aromatic rings. The van der Waals surface area contributed by atoms with E-state index in [0.29, 0.717) is 5.57 Å². The van der Waals surface area contributed by atoms with Crippen LogP contribution in [0.5, 0.6) is 0 Å². The molecule has 0 unspecified atom stereocenters. The van der Waals surface area contributed by atoms with E-state index in [1.807, 2.05) is 0 Å². The zero-order chi connectivity index (χ0) is 8.15. The molecule has 0 saturated carbocycles. The number of rotatable bonds is 2. The minimum atomic E-state index is -0.324. The molecule has 10 heavy (non-hydrogen) atoms. The van der Waals surface area contributed by atoms with Crippen molar-refractivity contribution in [3.8, 4) is 0 Å². The lowest BCUT2D eigenvalue weighted by molar-refractivity contribution is -0.135. The molecule has 0 aliphatic rings. The summed E-state index contributed by atoms with van der Waals surface area (Å²) in [7, 11) is 1.36. The van der Waals surface area contributed by atoms with E-state index in [1.54, 1.807) is 19.9 Å². The van der Waals surface area contributed by atoms with Crippen molar-refractivity contribution in [2.45, 2.75) is 13.8 Å². The Hall–Kier alpha value is -1.05. The molecule has 0 heterocycles. The summed E-state index contributed by atoms with van der Waals surface area (Å²) in [6, 6.07) is 0. The second-order valence-electron chi connectivity index (χ2n) is 1.97. The summed E-state index contributed by atoms with van der Waals surface area (Å²) in [5.74, 6) is -0.324. The molecule has 0 atom stereocenters. The third kappa shape index (κ3) is 2.05. The van der Waals surface area contributed by atoms with E-state index in [4.69, 9.17) is 0 Å². The van der Waals surface area contributed by atoms with Crippen LogP contribution < -0.4 is 0 Å². The molecular weight excluding hydrogens is 128 g/mol. The molecule has 0 rings (SSSR count). The van der Waals surface area contributed by atoms with Crippen molar-refractivity contribution in [2.75, 3.05) is 7.11 Å². The third-order valence-electron chi connectivity index (χ3n) is 1.15. The van der Waals surface area contributed by atoms with Gasteiger partial charge in [-0.2, -0.15) is 0 Å². The number of allylic oxidation sites excluding steroid dienone is 1. The van der Waals surface area contributed by atoms with Gasteiger partial charge in [-0.15, -0.1) is 0 Å². The van der Waals surface area contributed by atoms with Crippen LogP contribution in [0.1, 0.15) is 13.8 Å². The van der Waals surface area contributed by atoms with Gasteiger partial charge in [0.2, 0.25) is 0 Å². The van der Waals surface area contributed by atoms with Crippen LogP contribution in [-0.2, 0) is 9.53 Å². The fraction of sp³-hybridized carbons (Fsp3) is 0.375. The van der Waals surface area contributed by atoms with E-state index in [1.165, 1.54) is 7.11 Å². The Morgan fingerprint density at radius 1 is 1.60 bits per heavy atom. The van der Waals surface area contributed by atoms with Gasteiger partial charge in [0.15, 0.2) is 0 Å². The Balaban J connectivity index is 4.39. The smallest absolute Gasteiger partial charge is 0.337 e. The number of methoxy groups -OCH3 is 1. The Bertz CT molecular complexity index is 178. The molecule has 0 saturated heterocycles. The van der Waals surface area contributed by atoms with Crippen molar-refractivity contribution >= 4 is 5.97 Å². The minimum absolute atomic E-state index is 0.324. The van der Waals surface area contributed by atoms with Crippen molar-refractivity contribution < 1.29 is 9.53 Å². The second kappa shape index (κ2) is 3.88. The fourth-order valence-electron chi connectivity index (χ4n) is 0.648. The van der Waals surface area contributed by atoms with Crippen LogP contribution in [0.4, 0.5) is 0 Å². The largest absolute Gasteiger partial charge is 0.465 e. The number of hydrogen-bond acceptors (Lipinski definition) is 2. The number of hydrogen-bond donors (Lipinski definition) is 0. The third-order valence-corrected chi connectivity index (χ3v) is 1.15. The average molecular weight is 140 g/mol. The molecule has 0 fully saturated rings. The van der Waals surface area contributed by atoms with E-state index in [9.17, 15) is 4.79 Å². The minimum Gasteiger partial charge on any atom is -0.465 e. The van der Waals surface area contributed by atoms with E-state index < -0.39 is 0 Å². The van der Waals surface area contributed by atoms with Gasteiger partial charge < -0.3 is 4.74 Å². The predicted octanol–water partition coefficient (Wildman–Crippen LogP) is 1.68. The van der Waals surface area contributed by atoms with Gasteiger partial charge in [0, 0.05) is 0 Å². The van der Waals surface area contributed by atoms with E-state index in [2.05, 4.69) is 11.3 Å². The van der Waals surface area contributed by atoms with Gasteiger partial charge >= 0.3 is 5.97 Å². The summed E-state index contributed by atoms with van der Waals surface area (Å²) in [6.07, 6.45) is 1.69. The van der Waals surface area contributed by atoms with Crippen LogP contribution in [0.25, 0.3) is 0 Å². The first-order valence-electron chi connectivity index (χ1n) is 3.04. The molecular formula is C8H12O2. The lowest BCUT2D eigenvalue weighted by atomic mass is 10.1. The molecule has 0 radical (unpaired) electrons. The molecule has 2 heteroatoms. The van der Waals surface area contributed by atoms with Crippen LogP contribution in [0.3, 0.4) is 0 Å². The SMILES string of the molecule is C=C(C)C(=CC)C(=O)OC.